The molecule has 0 radical (unpaired) electrons. The molecule has 0 rings (SSSR count). The number of carbonyl (C=O) groups excluding carboxylic acids is 1. The van der Waals surface area contributed by atoms with Gasteiger partial charge in [0.1, 0.15) is 0 Å². The lowest BCUT2D eigenvalue weighted by Crippen LogP contribution is -2.50. The van der Waals surface area contributed by atoms with Gasteiger partial charge in [-0.2, -0.15) is 0 Å². The van der Waals surface area contributed by atoms with Crippen LogP contribution in [-0.2, 0) is 4.79 Å². The van der Waals surface area contributed by atoms with Crippen molar-refractivity contribution < 1.29 is 14.7 Å². The highest BCUT2D eigenvalue weighted by molar-refractivity contribution is 5.76. The summed E-state index contributed by atoms with van der Waals surface area (Å²) in [7, 11) is 0. The van der Waals surface area contributed by atoms with E-state index >= 15 is 0 Å². The van der Waals surface area contributed by atoms with E-state index in [1.54, 1.807) is 0 Å². The number of hydrogen-bond donors (Lipinski definition) is 2. The normalized spacial score (nSPS) is 12.4. The molecule has 0 fully saturated rings. The molecule has 0 heterocycles. The van der Waals surface area contributed by atoms with Crippen molar-refractivity contribution in [3.8, 4) is 12.3 Å². The van der Waals surface area contributed by atoms with E-state index in [0.29, 0.717) is 6.54 Å². The summed E-state index contributed by atoms with van der Waals surface area (Å²) in [6.45, 7) is 8.18. The molecule has 0 aromatic heterocycles. The molecule has 0 aromatic carbocycles. The number of nitrogens with zero attached hydrogens (tertiary/aromatic N) is 1. The van der Waals surface area contributed by atoms with E-state index in [1.807, 2.05) is 27.7 Å². The second-order valence-electron chi connectivity index (χ2n) is 5.18. The zero-order valence-electron chi connectivity index (χ0n) is 11.5. The molecule has 0 aromatic rings. The topological polar surface area (TPSA) is 69.6 Å². The van der Waals surface area contributed by atoms with Crippen molar-refractivity contribution in [3.63, 3.8) is 0 Å². The molecule has 0 bridgehead atoms. The fraction of sp³-hybridized carbons (Fsp3) is 0.692. The van der Waals surface area contributed by atoms with Crippen molar-refractivity contribution >= 4 is 12.0 Å². The third-order valence-electron chi connectivity index (χ3n) is 2.67. The van der Waals surface area contributed by atoms with Gasteiger partial charge >= 0.3 is 12.0 Å². The molecular formula is C13H22N2O3. The molecule has 18 heavy (non-hydrogen) atoms. The van der Waals surface area contributed by atoms with Gasteiger partial charge in [-0.1, -0.05) is 26.7 Å². The van der Waals surface area contributed by atoms with Gasteiger partial charge < -0.3 is 15.3 Å². The van der Waals surface area contributed by atoms with Crippen LogP contribution in [0.15, 0.2) is 0 Å². The summed E-state index contributed by atoms with van der Waals surface area (Å²) in [4.78, 5) is 24.2. The van der Waals surface area contributed by atoms with Crippen LogP contribution in [0.25, 0.3) is 0 Å². The van der Waals surface area contributed by atoms with Crippen LogP contribution >= 0.6 is 0 Å². The van der Waals surface area contributed by atoms with Gasteiger partial charge in [-0.15, -0.1) is 6.42 Å². The van der Waals surface area contributed by atoms with Crippen LogP contribution in [0.2, 0.25) is 0 Å². The van der Waals surface area contributed by atoms with Gasteiger partial charge in [0.15, 0.2) is 0 Å². The smallest absolute Gasteiger partial charge is 0.318 e. The fourth-order valence-electron chi connectivity index (χ4n) is 1.43. The third-order valence-corrected chi connectivity index (χ3v) is 2.67. The zero-order valence-corrected chi connectivity index (χ0v) is 11.5. The first-order valence-corrected chi connectivity index (χ1v) is 5.93. The van der Waals surface area contributed by atoms with Gasteiger partial charge in [0, 0.05) is 12.6 Å². The largest absolute Gasteiger partial charge is 0.481 e. The van der Waals surface area contributed by atoms with Crippen LogP contribution in [0, 0.1) is 17.8 Å². The van der Waals surface area contributed by atoms with E-state index in [9.17, 15) is 9.59 Å². The Morgan fingerprint density at radius 2 is 2.00 bits per heavy atom. The summed E-state index contributed by atoms with van der Waals surface area (Å²) < 4.78 is 0. The van der Waals surface area contributed by atoms with Crippen LogP contribution in [0.3, 0.4) is 0 Å². The van der Waals surface area contributed by atoms with E-state index in [1.165, 1.54) is 4.90 Å². The summed E-state index contributed by atoms with van der Waals surface area (Å²) in [6, 6.07) is -0.758. The predicted octanol–water partition coefficient (Wildman–Crippen LogP) is 1.54. The van der Waals surface area contributed by atoms with E-state index in [-0.39, 0.29) is 24.4 Å². The highest BCUT2D eigenvalue weighted by Crippen LogP contribution is 2.22. The average Bonchev–Trinajstić information content (AvgIpc) is 2.22. The number of urea groups is 1. The number of terminal acetylenes is 1. The standard InChI is InChI=1S/C13H22N2O3/c1-6-8-15(7-2)12(18)14-10(9-11(16)17)13(3,4)5/h1,10H,7-9H2,2-5H3,(H,14,18)(H,16,17). The van der Waals surface area contributed by atoms with Crippen molar-refractivity contribution in [1.29, 1.82) is 0 Å². The molecule has 1 unspecified atom stereocenters. The fourth-order valence-corrected chi connectivity index (χ4v) is 1.43. The minimum Gasteiger partial charge on any atom is -0.481 e. The number of nitrogens with one attached hydrogen (secondary N) is 1. The van der Waals surface area contributed by atoms with Crippen molar-refractivity contribution in [3.05, 3.63) is 0 Å². The Morgan fingerprint density at radius 3 is 2.33 bits per heavy atom. The maximum atomic E-state index is 11.9. The minimum atomic E-state index is -0.935. The number of carbonyl (C=O) groups is 2. The molecule has 5 nitrogen and oxygen atoms in total. The number of carboxylic acid groups (broad SMARTS) is 1. The lowest BCUT2D eigenvalue weighted by atomic mass is 9.85. The van der Waals surface area contributed by atoms with Gasteiger partial charge in [-0.3, -0.25) is 4.79 Å². The number of amides is 2. The first-order chi connectivity index (χ1) is 8.22. The van der Waals surface area contributed by atoms with Crippen LogP contribution in [0.4, 0.5) is 4.79 Å². The maximum Gasteiger partial charge on any atom is 0.318 e. The molecule has 0 aliphatic carbocycles. The molecule has 0 spiro atoms. The molecule has 2 amide bonds. The third kappa shape index (κ3) is 5.58. The summed E-state index contributed by atoms with van der Waals surface area (Å²) in [5, 5.41) is 11.6. The summed E-state index contributed by atoms with van der Waals surface area (Å²) >= 11 is 0. The number of rotatable bonds is 5. The Morgan fingerprint density at radius 1 is 1.44 bits per heavy atom. The first kappa shape index (κ1) is 16.3. The molecule has 0 aliphatic rings. The molecule has 2 N–H and O–H groups in total. The zero-order chi connectivity index (χ0) is 14.3. The van der Waals surface area contributed by atoms with E-state index in [2.05, 4.69) is 11.2 Å². The van der Waals surface area contributed by atoms with Crippen LogP contribution in [0.1, 0.15) is 34.1 Å². The SMILES string of the molecule is C#CCN(CC)C(=O)NC(CC(=O)O)C(C)(C)C. The lowest BCUT2D eigenvalue weighted by Gasteiger charge is -2.32. The molecule has 0 saturated heterocycles. The molecule has 0 saturated carbocycles. The van der Waals surface area contributed by atoms with Crippen LogP contribution < -0.4 is 5.32 Å². The first-order valence-electron chi connectivity index (χ1n) is 5.93. The summed E-state index contributed by atoms with van der Waals surface area (Å²) in [6.07, 6.45) is 5.07. The molecule has 0 aliphatic heterocycles. The average molecular weight is 254 g/mol. The maximum absolute atomic E-state index is 11.9. The lowest BCUT2D eigenvalue weighted by molar-refractivity contribution is -0.138. The Hall–Kier alpha value is -1.70. The van der Waals surface area contributed by atoms with Crippen molar-refractivity contribution in [2.45, 2.75) is 40.2 Å². The monoisotopic (exact) mass is 254 g/mol. The van der Waals surface area contributed by atoms with Gasteiger partial charge in [0.25, 0.3) is 0 Å². The highest BCUT2D eigenvalue weighted by Gasteiger charge is 2.29. The number of carboxylic acids is 1. The Labute approximate surface area is 109 Å². The summed E-state index contributed by atoms with van der Waals surface area (Å²) in [5.74, 6) is 1.47. The van der Waals surface area contributed by atoms with Crippen molar-refractivity contribution in [1.82, 2.24) is 10.2 Å². The van der Waals surface area contributed by atoms with Crippen LogP contribution in [0.5, 0.6) is 0 Å². The second-order valence-corrected chi connectivity index (χ2v) is 5.18. The highest BCUT2D eigenvalue weighted by atomic mass is 16.4. The van der Waals surface area contributed by atoms with E-state index < -0.39 is 12.0 Å². The van der Waals surface area contributed by atoms with Gasteiger partial charge in [-0.25, -0.2) is 4.79 Å². The van der Waals surface area contributed by atoms with Gasteiger partial charge in [0.2, 0.25) is 0 Å². The van der Waals surface area contributed by atoms with E-state index in [4.69, 9.17) is 11.5 Å². The number of aliphatic carboxylic acids is 1. The van der Waals surface area contributed by atoms with E-state index in [0.717, 1.165) is 0 Å². The Bertz CT molecular complexity index is 339. The Balaban J connectivity index is 4.72. The minimum absolute atomic E-state index is 0.108. The molecule has 5 heteroatoms. The predicted molar refractivity (Wildman–Crippen MR) is 70.1 cm³/mol. The molecule has 102 valence electrons. The van der Waals surface area contributed by atoms with Crippen molar-refractivity contribution in [2.75, 3.05) is 13.1 Å². The van der Waals surface area contributed by atoms with Gasteiger partial charge in [0.05, 0.1) is 13.0 Å². The summed E-state index contributed by atoms with van der Waals surface area (Å²) in [5.41, 5.74) is -0.330. The van der Waals surface area contributed by atoms with Gasteiger partial charge in [-0.05, 0) is 12.3 Å². The molecular weight excluding hydrogens is 232 g/mol. The second kappa shape index (κ2) is 6.90. The Kier molecular flexibility index (Phi) is 6.24. The quantitative estimate of drug-likeness (QED) is 0.731. The number of hydrogen-bond acceptors (Lipinski definition) is 2. The van der Waals surface area contributed by atoms with Crippen LogP contribution in [-0.4, -0.2) is 41.1 Å². The molecule has 1 atom stereocenters. The van der Waals surface area contributed by atoms with Crippen molar-refractivity contribution in [2.24, 2.45) is 5.41 Å².